The van der Waals surface area contributed by atoms with E-state index in [0.29, 0.717) is 0 Å². The second kappa shape index (κ2) is 5.93. The van der Waals surface area contributed by atoms with Gasteiger partial charge in [-0.15, -0.1) is 0 Å². The van der Waals surface area contributed by atoms with Crippen molar-refractivity contribution in [2.75, 3.05) is 0 Å². The number of hydrogen-bond donors (Lipinski definition) is 0. The summed E-state index contributed by atoms with van der Waals surface area (Å²) in [6, 6.07) is 0. The molecular formula is H2B4CaO8. The second-order valence-electron chi connectivity index (χ2n) is 1.84. The van der Waals surface area contributed by atoms with E-state index in [-0.39, 0.29) is 43.2 Å². The third-order valence-corrected chi connectivity index (χ3v) is 1.11. The molecule has 2 heterocycles. The van der Waals surface area contributed by atoms with Crippen LogP contribution in [0.5, 0.6) is 0 Å². The smallest absolute Gasteiger partial charge is 0.833 e. The van der Waals surface area contributed by atoms with Crippen LogP contribution in [0.4, 0.5) is 0 Å². The zero-order valence-electron chi connectivity index (χ0n) is 6.37. The predicted molar refractivity (Wildman–Crippen MR) is 37.8 cm³/mol. The van der Waals surface area contributed by atoms with Gasteiger partial charge < -0.3 is 38.4 Å². The van der Waals surface area contributed by atoms with E-state index >= 15 is 0 Å². The molecule has 0 spiro atoms. The predicted octanol–water partition coefficient (Wildman–Crippen LogP) is -5.45. The molecular weight excluding hydrogens is 211 g/mol. The first kappa shape index (κ1) is 14.2. The number of hydrogen-bond acceptors (Lipinski definition) is 7. The van der Waals surface area contributed by atoms with Gasteiger partial charge in [0.05, 0.1) is 0 Å². The van der Waals surface area contributed by atoms with Gasteiger partial charge in [0.2, 0.25) is 0 Å². The molecule has 0 aliphatic carbocycles. The summed E-state index contributed by atoms with van der Waals surface area (Å²) in [6.45, 7) is 0. The van der Waals surface area contributed by atoms with Gasteiger partial charge in [0.15, 0.2) is 0 Å². The summed E-state index contributed by atoms with van der Waals surface area (Å²) < 4.78 is 21.9. The zero-order valence-corrected chi connectivity index (χ0v) is 8.58. The summed E-state index contributed by atoms with van der Waals surface area (Å²) >= 11 is 0. The molecule has 0 aromatic rings. The van der Waals surface area contributed by atoms with E-state index < -0.39 is 29.3 Å². The van der Waals surface area contributed by atoms with Crippen LogP contribution in [-0.4, -0.2) is 72.5 Å². The maximum Gasteiger partial charge on any atom is 2.00 e. The largest absolute Gasteiger partial charge is 2.00 e. The van der Waals surface area contributed by atoms with E-state index in [2.05, 4.69) is 22.9 Å². The minimum atomic E-state index is -1.73. The van der Waals surface area contributed by atoms with Crippen LogP contribution < -0.4 is 10.0 Å². The fourth-order valence-electron chi connectivity index (χ4n) is 0.710. The van der Waals surface area contributed by atoms with E-state index in [9.17, 15) is 10.0 Å². The van der Waals surface area contributed by atoms with Crippen molar-refractivity contribution < 1.29 is 38.4 Å². The zero-order chi connectivity index (χ0) is 7.84. The molecule has 0 aromatic carbocycles. The van der Waals surface area contributed by atoms with Crippen molar-refractivity contribution in [2.45, 2.75) is 0 Å². The van der Waals surface area contributed by atoms with Gasteiger partial charge in [-0.25, -0.2) is 0 Å². The summed E-state index contributed by atoms with van der Waals surface area (Å²) in [5, 5.41) is 21.0. The Kier molecular flexibility index (Phi) is 6.48. The van der Waals surface area contributed by atoms with Gasteiger partial charge in [0.1, 0.15) is 0 Å². The Hall–Kier alpha value is 1.20. The molecule has 2 aliphatic rings. The summed E-state index contributed by atoms with van der Waals surface area (Å²) in [5.41, 5.74) is 0. The third-order valence-electron chi connectivity index (χ3n) is 1.11. The molecule has 2 fully saturated rings. The van der Waals surface area contributed by atoms with Gasteiger partial charge in [-0.2, -0.15) is 0 Å². The van der Waals surface area contributed by atoms with Gasteiger partial charge in [-0.05, 0) is 0 Å². The normalized spacial score (nSPS) is 20.8. The Morgan fingerprint density at radius 3 is 1.31 bits per heavy atom. The van der Waals surface area contributed by atoms with Gasteiger partial charge in [0.25, 0.3) is 0 Å². The van der Waals surface area contributed by atoms with Gasteiger partial charge in [-0.3, -0.25) is 0 Å². The molecule has 13 heavy (non-hydrogen) atoms. The Labute approximate surface area is 105 Å². The van der Waals surface area contributed by atoms with Gasteiger partial charge in [0, 0.05) is 0 Å². The maximum absolute atomic E-state index is 10.5. The van der Waals surface area contributed by atoms with E-state index in [1.165, 1.54) is 0 Å². The minimum Gasteiger partial charge on any atom is -0.833 e. The first-order valence-electron chi connectivity index (χ1n) is 2.83. The third kappa shape index (κ3) is 3.68. The Morgan fingerprint density at radius 1 is 0.692 bits per heavy atom. The standard InChI is InChI=1S/B4O7.Ca.H2O/c5-1-7-3-9-2(6)10-4(8-1)11-3;;/h;;1H2/q-2;+2;. The van der Waals surface area contributed by atoms with Crippen molar-refractivity contribution in [2.24, 2.45) is 0 Å². The van der Waals surface area contributed by atoms with Gasteiger partial charge in [-0.1, -0.05) is 0 Å². The SMILES string of the molecule is O.[Ca+2].[O-]B1OB2OB([O-])OB(O1)O2. The van der Waals surface area contributed by atoms with Crippen LogP contribution in [0.25, 0.3) is 0 Å². The van der Waals surface area contributed by atoms with Crippen LogP contribution >= 0.6 is 0 Å². The van der Waals surface area contributed by atoms with Crippen molar-refractivity contribution in [1.29, 1.82) is 0 Å². The Morgan fingerprint density at radius 2 is 1.00 bits per heavy atom. The molecule has 0 atom stereocenters. The number of rotatable bonds is 0. The molecule has 8 nitrogen and oxygen atoms in total. The average molecular weight is 213 g/mol. The summed E-state index contributed by atoms with van der Waals surface area (Å²) in [6.07, 6.45) is 0. The molecule has 2 saturated heterocycles. The molecule has 13 heteroatoms. The Bertz CT molecular complexity index is 122. The number of fused-ring (bicyclic) bond motifs is 2. The van der Waals surface area contributed by atoms with Crippen LogP contribution in [0.1, 0.15) is 0 Å². The molecule has 2 aliphatic heterocycles. The van der Waals surface area contributed by atoms with Crippen molar-refractivity contribution >= 4 is 67.0 Å². The molecule has 0 amide bonds. The van der Waals surface area contributed by atoms with Crippen LogP contribution in [0.15, 0.2) is 0 Å². The monoisotopic (exact) mass is 214 g/mol. The van der Waals surface area contributed by atoms with Crippen molar-refractivity contribution in [3.63, 3.8) is 0 Å². The minimum absolute atomic E-state index is 0. The first-order chi connectivity index (χ1) is 5.24. The molecule has 2 bridgehead atoms. The second-order valence-corrected chi connectivity index (χ2v) is 1.84. The maximum atomic E-state index is 10.5. The average Bonchev–Trinajstić information content (AvgIpc) is 1.82. The molecule has 2 rings (SSSR count). The molecule has 0 aromatic heterocycles. The Balaban J connectivity index is 0.000000720. The van der Waals surface area contributed by atoms with E-state index in [0.717, 1.165) is 0 Å². The van der Waals surface area contributed by atoms with Gasteiger partial charge >= 0.3 is 67.0 Å². The van der Waals surface area contributed by atoms with Crippen LogP contribution in [0, 0.1) is 0 Å². The molecule has 0 unspecified atom stereocenters. The molecule has 2 N–H and O–H groups in total. The van der Waals surface area contributed by atoms with Crippen LogP contribution in [0.3, 0.4) is 0 Å². The first-order valence-corrected chi connectivity index (χ1v) is 2.83. The summed E-state index contributed by atoms with van der Waals surface area (Å²) in [7, 11) is -6.00. The van der Waals surface area contributed by atoms with Crippen molar-refractivity contribution in [3.05, 3.63) is 0 Å². The summed E-state index contributed by atoms with van der Waals surface area (Å²) in [4.78, 5) is 0. The fourth-order valence-corrected chi connectivity index (χ4v) is 0.710. The van der Waals surface area contributed by atoms with E-state index in [4.69, 9.17) is 0 Å². The van der Waals surface area contributed by atoms with Crippen LogP contribution in [-0.2, 0) is 22.9 Å². The molecule has 64 valence electrons. The summed E-state index contributed by atoms with van der Waals surface area (Å²) in [5.74, 6) is 0. The van der Waals surface area contributed by atoms with Crippen LogP contribution in [0.2, 0.25) is 0 Å². The fraction of sp³-hybridized carbons (Fsp3) is 0. The van der Waals surface area contributed by atoms with E-state index in [1.54, 1.807) is 0 Å². The van der Waals surface area contributed by atoms with E-state index in [1.807, 2.05) is 0 Å². The topological polar surface area (TPSA) is 124 Å². The van der Waals surface area contributed by atoms with Crippen molar-refractivity contribution in [1.82, 2.24) is 0 Å². The van der Waals surface area contributed by atoms with Crippen molar-refractivity contribution in [3.8, 4) is 0 Å². The quantitative estimate of drug-likeness (QED) is 0.368. The molecule has 0 saturated carbocycles. The molecule has 0 radical (unpaired) electrons.